The van der Waals surface area contributed by atoms with Crippen LogP contribution < -0.4 is 5.73 Å². The van der Waals surface area contributed by atoms with Crippen molar-refractivity contribution >= 4 is 40.6 Å². The highest BCUT2D eigenvalue weighted by Crippen LogP contribution is 2.35. The lowest BCUT2D eigenvalue weighted by Crippen LogP contribution is -2.10. The summed E-state index contributed by atoms with van der Waals surface area (Å²) in [5.41, 5.74) is 4.92. The Morgan fingerprint density at radius 3 is 2.59 bits per heavy atom. The number of Topliss-reactive ketones (excluding diaryl/α,β-unsaturated/α-hetero) is 1. The summed E-state index contributed by atoms with van der Waals surface area (Å²) in [6.07, 6.45) is 0. The number of halogens is 2. The van der Waals surface area contributed by atoms with Crippen molar-refractivity contribution in [1.29, 1.82) is 0 Å². The van der Waals surface area contributed by atoms with Crippen LogP contribution in [-0.4, -0.2) is 29.8 Å². The van der Waals surface area contributed by atoms with Gasteiger partial charge in [0.25, 0.3) is 0 Å². The first-order valence-corrected chi connectivity index (χ1v) is 5.33. The number of hydrogen-bond donors (Lipinski definition) is 2. The number of nitrogen functional groups attached to an aromatic ring is 1. The van der Waals surface area contributed by atoms with E-state index in [1.165, 1.54) is 0 Å². The lowest BCUT2D eigenvalue weighted by Gasteiger charge is -2.11. The maximum Gasteiger partial charge on any atom is 0.341 e. The van der Waals surface area contributed by atoms with Gasteiger partial charge in [-0.15, -0.1) is 11.6 Å². The normalized spacial score (nSPS) is 10.1. The Morgan fingerprint density at radius 2 is 2.12 bits per heavy atom. The average Bonchev–Trinajstić information content (AvgIpc) is 2.32. The summed E-state index contributed by atoms with van der Waals surface area (Å²) in [4.78, 5) is 22.8. The molecule has 0 radical (unpaired) electrons. The number of benzene rings is 1. The molecule has 1 aromatic carbocycles. The number of alkyl halides is 1. The van der Waals surface area contributed by atoms with E-state index in [1.54, 1.807) is 0 Å². The molecule has 0 fully saturated rings. The van der Waals surface area contributed by atoms with Gasteiger partial charge >= 0.3 is 5.97 Å². The van der Waals surface area contributed by atoms with Gasteiger partial charge in [0, 0.05) is 0 Å². The minimum atomic E-state index is -0.826. The Bertz CT molecular complexity index is 488. The average molecular weight is 278 g/mol. The SMILES string of the molecule is COC(=O)c1cc(Cl)c(N)c(C(=O)CCl)c1O. The first-order chi connectivity index (χ1) is 7.93. The summed E-state index contributed by atoms with van der Waals surface area (Å²) >= 11 is 11.1. The highest BCUT2D eigenvalue weighted by Gasteiger charge is 2.24. The summed E-state index contributed by atoms with van der Waals surface area (Å²) in [6.45, 7) is 0. The van der Waals surface area contributed by atoms with Crippen molar-refractivity contribution in [3.05, 3.63) is 22.2 Å². The summed E-state index contributed by atoms with van der Waals surface area (Å²) in [6, 6.07) is 1.13. The molecular weight excluding hydrogens is 269 g/mol. The molecular formula is C10H9Cl2NO4. The first-order valence-electron chi connectivity index (χ1n) is 4.42. The van der Waals surface area contributed by atoms with E-state index < -0.39 is 23.4 Å². The smallest absolute Gasteiger partial charge is 0.341 e. The molecule has 7 heteroatoms. The summed E-state index contributed by atoms with van der Waals surface area (Å²) in [5, 5.41) is 9.75. The molecule has 3 N–H and O–H groups in total. The van der Waals surface area contributed by atoms with Gasteiger partial charge in [-0.2, -0.15) is 0 Å². The van der Waals surface area contributed by atoms with Gasteiger partial charge in [0.2, 0.25) is 0 Å². The van der Waals surface area contributed by atoms with Crippen molar-refractivity contribution in [2.45, 2.75) is 0 Å². The number of ketones is 1. The number of phenolic OH excluding ortho intramolecular Hbond substituents is 1. The van der Waals surface area contributed by atoms with E-state index in [-0.39, 0.29) is 21.8 Å². The van der Waals surface area contributed by atoms with Crippen molar-refractivity contribution in [1.82, 2.24) is 0 Å². The minimum Gasteiger partial charge on any atom is -0.506 e. The van der Waals surface area contributed by atoms with E-state index >= 15 is 0 Å². The molecule has 0 spiro atoms. The number of carbonyl (C=O) groups is 2. The second-order valence-electron chi connectivity index (χ2n) is 3.09. The molecule has 17 heavy (non-hydrogen) atoms. The van der Waals surface area contributed by atoms with Gasteiger partial charge in [-0.3, -0.25) is 4.79 Å². The fraction of sp³-hybridized carbons (Fsp3) is 0.200. The molecule has 0 aliphatic carbocycles. The highest BCUT2D eigenvalue weighted by atomic mass is 35.5. The van der Waals surface area contributed by atoms with Gasteiger partial charge in [0.05, 0.1) is 29.3 Å². The quantitative estimate of drug-likeness (QED) is 0.381. The van der Waals surface area contributed by atoms with E-state index in [4.69, 9.17) is 28.9 Å². The van der Waals surface area contributed by atoms with Gasteiger partial charge in [-0.25, -0.2) is 4.79 Å². The zero-order valence-corrected chi connectivity index (χ0v) is 10.3. The summed E-state index contributed by atoms with van der Waals surface area (Å²) in [7, 11) is 1.13. The number of carbonyl (C=O) groups excluding carboxylic acids is 2. The van der Waals surface area contributed by atoms with Crippen molar-refractivity contribution in [3.63, 3.8) is 0 Å². The molecule has 0 heterocycles. The van der Waals surface area contributed by atoms with Crippen molar-refractivity contribution in [2.24, 2.45) is 0 Å². The molecule has 0 saturated carbocycles. The predicted molar refractivity (Wildman–Crippen MR) is 63.9 cm³/mol. The van der Waals surface area contributed by atoms with Crippen molar-refractivity contribution in [3.8, 4) is 5.75 Å². The molecule has 5 nitrogen and oxygen atoms in total. The monoisotopic (exact) mass is 277 g/mol. The minimum absolute atomic E-state index is 0.0309. The van der Waals surface area contributed by atoms with Crippen LogP contribution in [0.5, 0.6) is 5.75 Å². The van der Waals surface area contributed by atoms with Crippen LogP contribution in [0.4, 0.5) is 5.69 Å². The number of rotatable bonds is 3. The summed E-state index contributed by atoms with van der Waals surface area (Å²) in [5.74, 6) is -2.43. The third-order valence-electron chi connectivity index (χ3n) is 2.10. The number of nitrogens with two attached hydrogens (primary N) is 1. The topological polar surface area (TPSA) is 89.6 Å². The van der Waals surface area contributed by atoms with Crippen LogP contribution in [-0.2, 0) is 4.74 Å². The van der Waals surface area contributed by atoms with Gasteiger partial charge in [-0.05, 0) is 6.07 Å². The molecule has 0 aromatic heterocycles. The molecule has 0 saturated heterocycles. The third kappa shape index (κ3) is 2.45. The van der Waals surface area contributed by atoms with E-state index in [0.29, 0.717) is 0 Å². The first kappa shape index (κ1) is 13.6. The maximum atomic E-state index is 11.5. The van der Waals surface area contributed by atoms with Gasteiger partial charge in [0.1, 0.15) is 11.3 Å². The molecule has 92 valence electrons. The Labute approximate surface area is 107 Å². The number of aromatic hydroxyl groups is 1. The molecule has 0 aliphatic heterocycles. The zero-order valence-electron chi connectivity index (χ0n) is 8.79. The van der Waals surface area contributed by atoms with Gasteiger partial charge < -0.3 is 15.6 Å². The Balaban J connectivity index is 3.53. The van der Waals surface area contributed by atoms with Crippen molar-refractivity contribution < 1.29 is 19.4 Å². The molecule has 0 bridgehead atoms. The second-order valence-corrected chi connectivity index (χ2v) is 3.77. The van der Waals surface area contributed by atoms with E-state index in [2.05, 4.69) is 4.74 Å². The van der Waals surface area contributed by atoms with Crippen LogP contribution in [0.15, 0.2) is 6.07 Å². The van der Waals surface area contributed by atoms with Gasteiger partial charge in [0.15, 0.2) is 5.78 Å². The van der Waals surface area contributed by atoms with Crippen LogP contribution in [0.25, 0.3) is 0 Å². The van der Waals surface area contributed by atoms with Crippen LogP contribution >= 0.6 is 23.2 Å². The third-order valence-corrected chi connectivity index (χ3v) is 2.65. The van der Waals surface area contributed by atoms with E-state index in [9.17, 15) is 14.7 Å². The van der Waals surface area contributed by atoms with Crippen LogP contribution in [0.3, 0.4) is 0 Å². The molecule has 0 atom stereocenters. The maximum absolute atomic E-state index is 11.5. The zero-order chi connectivity index (χ0) is 13.2. The number of esters is 1. The number of methoxy groups -OCH3 is 1. The second kappa shape index (κ2) is 5.25. The highest BCUT2D eigenvalue weighted by molar-refractivity contribution is 6.36. The van der Waals surface area contributed by atoms with E-state index in [0.717, 1.165) is 13.2 Å². The lowest BCUT2D eigenvalue weighted by atomic mass is 10.0. The molecule has 1 rings (SSSR count). The summed E-state index contributed by atoms with van der Waals surface area (Å²) < 4.78 is 4.44. The Kier molecular flexibility index (Phi) is 4.20. The standard InChI is InChI=1S/C10H9Cl2NO4/c1-17-10(16)4-2-5(12)8(13)7(9(4)15)6(14)3-11/h2,15H,3,13H2,1H3. The predicted octanol–water partition coefficient (Wildman–Crippen LogP) is 1.84. The number of hydrogen-bond acceptors (Lipinski definition) is 5. The fourth-order valence-electron chi connectivity index (χ4n) is 1.27. The van der Waals surface area contributed by atoms with Crippen LogP contribution in [0.1, 0.15) is 20.7 Å². The molecule has 1 aromatic rings. The Hall–Kier alpha value is -1.46. The van der Waals surface area contributed by atoms with Gasteiger partial charge in [-0.1, -0.05) is 11.6 Å². The number of anilines is 1. The van der Waals surface area contributed by atoms with Crippen LogP contribution in [0, 0.1) is 0 Å². The molecule has 0 unspecified atom stereocenters. The van der Waals surface area contributed by atoms with Crippen molar-refractivity contribution in [2.75, 3.05) is 18.7 Å². The van der Waals surface area contributed by atoms with E-state index in [1.807, 2.05) is 0 Å². The number of phenols is 1. The Morgan fingerprint density at radius 1 is 1.53 bits per heavy atom. The largest absolute Gasteiger partial charge is 0.506 e. The number of ether oxygens (including phenoxy) is 1. The lowest BCUT2D eigenvalue weighted by molar-refractivity contribution is 0.0597. The molecule has 0 aliphatic rings. The van der Waals surface area contributed by atoms with Crippen LogP contribution in [0.2, 0.25) is 5.02 Å². The molecule has 0 amide bonds. The fourth-order valence-corrected chi connectivity index (χ4v) is 1.61.